The van der Waals surface area contributed by atoms with E-state index in [9.17, 15) is 5.11 Å². The van der Waals surface area contributed by atoms with Gasteiger partial charge in [-0.05, 0) is 43.0 Å². The lowest BCUT2D eigenvalue weighted by molar-refractivity contribution is -0.120. The van der Waals surface area contributed by atoms with Crippen LogP contribution in [0, 0.1) is 5.92 Å². The van der Waals surface area contributed by atoms with Gasteiger partial charge in [0.15, 0.2) is 0 Å². The highest BCUT2D eigenvalue weighted by Crippen LogP contribution is 2.37. The standard InChI is InChI=1S/C16H21ClO4/c17-13-1-3-14(4-2-13)20-10-15(18)12-5-7-21-16(9-12)6-8-19-11-16/h1-4,12,15,18H,5-11H2. The molecule has 116 valence electrons. The van der Waals surface area contributed by atoms with Crippen molar-refractivity contribution in [2.45, 2.75) is 31.0 Å². The van der Waals surface area contributed by atoms with Crippen molar-refractivity contribution in [2.24, 2.45) is 5.92 Å². The molecule has 0 bridgehead atoms. The molecule has 1 spiro atoms. The Hall–Kier alpha value is -0.810. The molecule has 0 radical (unpaired) electrons. The number of aliphatic hydroxyl groups is 1. The minimum absolute atomic E-state index is 0.176. The van der Waals surface area contributed by atoms with Crippen molar-refractivity contribution in [3.8, 4) is 5.75 Å². The Bertz CT molecular complexity index is 456. The maximum Gasteiger partial charge on any atom is 0.119 e. The van der Waals surface area contributed by atoms with E-state index in [0.717, 1.165) is 31.6 Å². The van der Waals surface area contributed by atoms with Crippen molar-refractivity contribution >= 4 is 11.6 Å². The van der Waals surface area contributed by atoms with Gasteiger partial charge in [0.25, 0.3) is 0 Å². The summed E-state index contributed by atoms with van der Waals surface area (Å²) in [7, 11) is 0. The predicted octanol–water partition coefficient (Wildman–Crippen LogP) is 2.67. The Morgan fingerprint density at radius 2 is 2.14 bits per heavy atom. The fourth-order valence-corrected chi connectivity index (χ4v) is 3.23. The van der Waals surface area contributed by atoms with Gasteiger partial charge in [-0.3, -0.25) is 0 Å². The van der Waals surface area contributed by atoms with Crippen molar-refractivity contribution in [1.29, 1.82) is 0 Å². The van der Waals surface area contributed by atoms with Crippen LogP contribution in [0.3, 0.4) is 0 Å². The molecule has 2 fully saturated rings. The Morgan fingerprint density at radius 1 is 1.33 bits per heavy atom. The zero-order chi connectivity index (χ0) is 14.7. The summed E-state index contributed by atoms with van der Waals surface area (Å²) in [6.07, 6.45) is 2.15. The van der Waals surface area contributed by atoms with Crippen molar-refractivity contribution in [1.82, 2.24) is 0 Å². The van der Waals surface area contributed by atoms with Gasteiger partial charge in [-0.1, -0.05) is 11.6 Å². The predicted molar refractivity (Wildman–Crippen MR) is 79.8 cm³/mol. The highest BCUT2D eigenvalue weighted by Gasteiger charge is 2.42. The zero-order valence-electron chi connectivity index (χ0n) is 12.0. The SMILES string of the molecule is OC(COc1ccc(Cl)cc1)C1CCOC2(CCOC2)C1. The molecule has 5 heteroatoms. The molecule has 0 aromatic heterocycles. The van der Waals surface area contributed by atoms with Gasteiger partial charge in [0.1, 0.15) is 12.4 Å². The first-order valence-corrected chi connectivity index (χ1v) is 7.83. The largest absolute Gasteiger partial charge is 0.491 e. The fourth-order valence-electron chi connectivity index (χ4n) is 3.11. The first-order chi connectivity index (χ1) is 10.2. The van der Waals surface area contributed by atoms with Crippen molar-refractivity contribution < 1.29 is 19.3 Å². The van der Waals surface area contributed by atoms with E-state index in [0.29, 0.717) is 24.8 Å². The number of ether oxygens (including phenoxy) is 3. The lowest BCUT2D eigenvalue weighted by Gasteiger charge is -2.38. The molecule has 1 aromatic rings. The van der Waals surface area contributed by atoms with Crippen molar-refractivity contribution in [3.63, 3.8) is 0 Å². The first kappa shape index (κ1) is 15.1. The van der Waals surface area contributed by atoms with Gasteiger partial charge in [0, 0.05) is 24.7 Å². The van der Waals surface area contributed by atoms with Gasteiger partial charge in [0.2, 0.25) is 0 Å². The second-order valence-electron chi connectivity index (χ2n) is 5.92. The third-order valence-electron chi connectivity index (χ3n) is 4.38. The number of hydrogen-bond acceptors (Lipinski definition) is 4. The van der Waals surface area contributed by atoms with Crippen LogP contribution in [-0.4, -0.2) is 43.2 Å². The molecule has 0 amide bonds. The molecule has 0 aliphatic carbocycles. The van der Waals surface area contributed by atoms with Gasteiger partial charge in [-0.15, -0.1) is 0 Å². The normalized spacial score (nSPS) is 30.5. The van der Waals surface area contributed by atoms with Crippen LogP contribution in [0.2, 0.25) is 5.02 Å². The molecule has 21 heavy (non-hydrogen) atoms. The van der Waals surface area contributed by atoms with Crippen LogP contribution >= 0.6 is 11.6 Å². The summed E-state index contributed by atoms with van der Waals surface area (Å²) in [5.74, 6) is 0.928. The summed E-state index contributed by atoms with van der Waals surface area (Å²) >= 11 is 5.83. The fraction of sp³-hybridized carbons (Fsp3) is 0.625. The smallest absolute Gasteiger partial charge is 0.119 e. The summed E-state index contributed by atoms with van der Waals surface area (Å²) in [4.78, 5) is 0. The summed E-state index contributed by atoms with van der Waals surface area (Å²) in [5.41, 5.74) is -0.176. The molecule has 2 aliphatic rings. The zero-order valence-corrected chi connectivity index (χ0v) is 12.7. The molecule has 2 heterocycles. The Balaban J connectivity index is 1.52. The second-order valence-corrected chi connectivity index (χ2v) is 6.36. The summed E-state index contributed by atoms with van der Waals surface area (Å²) in [6, 6.07) is 7.18. The lowest BCUT2D eigenvalue weighted by atomic mass is 9.82. The van der Waals surface area contributed by atoms with E-state index < -0.39 is 6.10 Å². The lowest BCUT2D eigenvalue weighted by Crippen LogP contribution is -2.44. The molecule has 3 atom stereocenters. The number of hydrogen-bond donors (Lipinski definition) is 1. The van der Waals surface area contributed by atoms with Crippen LogP contribution < -0.4 is 4.74 Å². The van der Waals surface area contributed by atoms with Crippen LogP contribution in [0.4, 0.5) is 0 Å². The summed E-state index contributed by atoms with van der Waals surface area (Å²) < 4.78 is 17.0. The summed E-state index contributed by atoms with van der Waals surface area (Å²) in [5, 5.41) is 11.1. The second kappa shape index (κ2) is 6.53. The van der Waals surface area contributed by atoms with E-state index in [2.05, 4.69) is 0 Å². The van der Waals surface area contributed by atoms with E-state index in [-0.39, 0.29) is 11.5 Å². The van der Waals surface area contributed by atoms with E-state index in [1.165, 1.54) is 0 Å². The Kier molecular flexibility index (Phi) is 4.69. The minimum atomic E-state index is -0.484. The molecular weight excluding hydrogens is 292 g/mol. The van der Waals surface area contributed by atoms with E-state index in [4.69, 9.17) is 25.8 Å². The number of halogens is 1. The number of aliphatic hydroxyl groups excluding tert-OH is 1. The van der Waals surface area contributed by atoms with Gasteiger partial charge in [-0.2, -0.15) is 0 Å². The quantitative estimate of drug-likeness (QED) is 0.928. The van der Waals surface area contributed by atoms with E-state index in [1.807, 2.05) is 12.1 Å². The highest BCUT2D eigenvalue weighted by atomic mass is 35.5. The van der Waals surface area contributed by atoms with Gasteiger partial charge >= 0.3 is 0 Å². The number of benzene rings is 1. The molecule has 1 aromatic carbocycles. The molecule has 2 aliphatic heterocycles. The number of rotatable bonds is 4. The average Bonchev–Trinajstić information content (AvgIpc) is 2.94. The van der Waals surface area contributed by atoms with Crippen LogP contribution in [0.15, 0.2) is 24.3 Å². The van der Waals surface area contributed by atoms with Crippen molar-refractivity contribution in [2.75, 3.05) is 26.4 Å². The Labute approximate surface area is 130 Å². The first-order valence-electron chi connectivity index (χ1n) is 7.45. The van der Waals surface area contributed by atoms with Gasteiger partial charge in [0.05, 0.1) is 18.3 Å². The molecule has 3 unspecified atom stereocenters. The van der Waals surface area contributed by atoms with Gasteiger partial charge < -0.3 is 19.3 Å². The van der Waals surface area contributed by atoms with Gasteiger partial charge in [-0.25, -0.2) is 0 Å². The summed E-state index contributed by atoms with van der Waals surface area (Å²) in [6.45, 7) is 2.38. The minimum Gasteiger partial charge on any atom is -0.491 e. The molecule has 0 saturated carbocycles. The third-order valence-corrected chi connectivity index (χ3v) is 4.63. The van der Waals surface area contributed by atoms with Crippen LogP contribution in [-0.2, 0) is 9.47 Å². The maximum atomic E-state index is 10.4. The van der Waals surface area contributed by atoms with E-state index >= 15 is 0 Å². The molecular formula is C16H21ClO4. The van der Waals surface area contributed by atoms with Crippen LogP contribution in [0.5, 0.6) is 5.75 Å². The monoisotopic (exact) mass is 312 g/mol. The van der Waals surface area contributed by atoms with Crippen LogP contribution in [0.1, 0.15) is 19.3 Å². The van der Waals surface area contributed by atoms with Crippen molar-refractivity contribution in [3.05, 3.63) is 29.3 Å². The maximum absolute atomic E-state index is 10.4. The van der Waals surface area contributed by atoms with E-state index in [1.54, 1.807) is 12.1 Å². The molecule has 3 rings (SSSR count). The van der Waals surface area contributed by atoms with Crippen LogP contribution in [0.25, 0.3) is 0 Å². The molecule has 4 nitrogen and oxygen atoms in total. The Morgan fingerprint density at radius 3 is 2.86 bits per heavy atom. The third kappa shape index (κ3) is 3.69. The average molecular weight is 313 g/mol. The molecule has 1 N–H and O–H groups in total. The highest BCUT2D eigenvalue weighted by molar-refractivity contribution is 6.30. The molecule has 2 saturated heterocycles. The topological polar surface area (TPSA) is 47.9 Å².